The zero-order chi connectivity index (χ0) is 20.3. The number of hydrogen-bond donors (Lipinski definition) is 1. The van der Waals surface area contributed by atoms with Gasteiger partial charge < -0.3 is 9.73 Å². The van der Waals surface area contributed by atoms with E-state index in [4.69, 9.17) is 4.42 Å². The molecule has 148 valence electrons. The Labute approximate surface area is 169 Å². The van der Waals surface area contributed by atoms with Crippen LogP contribution in [-0.4, -0.2) is 30.8 Å². The fourth-order valence-corrected chi connectivity index (χ4v) is 4.78. The summed E-state index contributed by atoms with van der Waals surface area (Å²) in [7, 11) is -3.46. The third-order valence-corrected chi connectivity index (χ3v) is 6.75. The number of nitrogens with zero attached hydrogens (tertiary/aromatic N) is 3. The quantitative estimate of drug-likeness (QED) is 0.641. The van der Waals surface area contributed by atoms with Gasteiger partial charge in [0.25, 0.3) is 0 Å². The summed E-state index contributed by atoms with van der Waals surface area (Å²) in [5, 5.41) is 12.4. The molecule has 0 aliphatic carbocycles. The van der Waals surface area contributed by atoms with Gasteiger partial charge in [-0.3, -0.25) is 0 Å². The number of sulfonamides is 1. The van der Waals surface area contributed by atoms with Gasteiger partial charge in [-0.25, -0.2) is 13.4 Å². The minimum Gasteiger partial charge on any atom is -0.435 e. The highest BCUT2D eigenvalue weighted by Crippen LogP contribution is 2.23. The number of fused-ring (bicyclic) bond motifs is 1. The van der Waals surface area contributed by atoms with Crippen LogP contribution in [0.4, 0.5) is 5.69 Å². The molecule has 0 radical (unpaired) electrons. The lowest BCUT2D eigenvalue weighted by molar-refractivity contribution is 0.346. The highest BCUT2D eigenvalue weighted by Gasteiger charge is 2.25. The molecule has 7 nitrogen and oxygen atoms in total. The lowest BCUT2D eigenvalue weighted by Gasteiger charge is -2.25. The molecule has 0 unspecified atom stereocenters. The SMILES string of the molecule is N#C/C(=C\Nc1ccc(S(=O)(=O)N2CCCCC2)cc1)c1nc2ccccc2o1. The molecule has 2 heterocycles. The topological polar surface area (TPSA) is 99.2 Å². The molecule has 8 heteroatoms. The molecule has 1 aliphatic heterocycles. The van der Waals surface area contributed by atoms with E-state index in [9.17, 15) is 13.7 Å². The lowest BCUT2D eigenvalue weighted by atomic mass is 10.2. The molecule has 3 aromatic rings. The Balaban J connectivity index is 1.51. The number of anilines is 1. The van der Waals surface area contributed by atoms with Crippen LogP contribution in [0.15, 0.2) is 64.0 Å². The van der Waals surface area contributed by atoms with Crippen LogP contribution in [0.1, 0.15) is 25.2 Å². The molecule has 1 N–H and O–H groups in total. The zero-order valence-corrected chi connectivity index (χ0v) is 16.5. The molecule has 0 bridgehead atoms. The van der Waals surface area contributed by atoms with Crippen molar-refractivity contribution in [1.29, 1.82) is 5.26 Å². The highest BCUT2D eigenvalue weighted by atomic mass is 32.2. The number of nitriles is 1. The summed E-state index contributed by atoms with van der Waals surface area (Å²) in [6, 6.07) is 15.9. The van der Waals surface area contributed by atoms with Crippen LogP contribution < -0.4 is 5.32 Å². The van der Waals surface area contributed by atoms with Gasteiger partial charge in [0.1, 0.15) is 17.2 Å². The van der Waals surface area contributed by atoms with Crippen molar-refractivity contribution in [2.45, 2.75) is 24.2 Å². The van der Waals surface area contributed by atoms with E-state index in [0.717, 1.165) is 19.3 Å². The van der Waals surface area contributed by atoms with Crippen LogP contribution in [0, 0.1) is 11.3 Å². The fraction of sp³-hybridized carbons (Fsp3) is 0.238. The number of aromatic nitrogens is 1. The second-order valence-corrected chi connectivity index (χ2v) is 8.73. The molecule has 0 amide bonds. The van der Waals surface area contributed by atoms with Gasteiger partial charge in [0, 0.05) is 25.0 Å². The first-order valence-corrected chi connectivity index (χ1v) is 10.8. The molecule has 0 saturated carbocycles. The maximum atomic E-state index is 12.7. The Bertz CT molecular complexity index is 1150. The first-order chi connectivity index (χ1) is 14.1. The maximum absolute atomic E-state index is 12.7. The third kappa shape index (κ3) is 4.01. The number of rotatable bonds is 5. The van der Waals surface area contributed by atoms with Gasteiger partial charge in [0.2, 0.25) is 15.9 Å². The van der Waals surface area contributed by atoms with Gasteiger partial charge in [-0.15, -0.1) is 0 Å². The van der Waals surface area contributed by atoms with Crippen LogP contribution in [-0.2, 0) is 10.0 Å². The van der Waals surface area contributed by atoms with Crippen molar-refractivity contribution < 1.29 is 12.8 Å². The van der Waals surface area contributed by atoms with E-state index in [1.54, 1.807) is 34.6 Å². The van der Waals surface area contributed by atoms with E-state index in [1.165, 1.54) is 6.20 Å². The van der Waals surface area contributed by atoms with Crippen molar-refractivity contribution in [2.24, 2.45) is 0 Å². The largest absolute Gasteiger partial charge is 0.435 e. The van der Waals surface area contributed by atoms with E-state index in [0.29, 0.717) is 29.9 Å². The van der Waals surface area contributed by atoms with Gasteiger partial charge in [-0.2, -0.15) is 9.57 Å². The van der Waals surface area contributed by atoms with E-state index < -0.39 is 10.0 Å². The predicted octanol–water partition coefficient (Wildman–Crippen LogP) is 3.98. The molecular formula is C21H20N4O3S. The average molecular weight is 408 g/mol. The smallest absolute Gasteiger partial charge is 0.243 e. The van der Waals surface area contributed by atoms with E-state index in [-0.39, 0.29) is 16.4 Å². The van der Waals surface area contributed by atoms with Gasteiger partial charge in [0.15, 0.2) is 5.58 Å². The summed E-state index contributed by atoms with van der Waals surface area (Å²) in [4.78, 5) is 4.58. The fourth-order valence-electron chi connectivity index (χ4n) is 3.26. The van der Waals surface area contributed by atoms with Crippen LogP contribution in [0.3, 0.4) is 0 Å². The summed E-state index contributed by atoms with van der Waals surface area (Å²) < 4.78 is 32.6. The summed E-state index contributed by atoms with van der Waals surface area (Å²) in [5.41, 5.74) is 2.18. The Morgan fingerprint density at radius 3 is 2.52 bits per heavy atom. The molecule has 1 saturated heterocycles. The summed E-state index contributed by atoms with van der Waals surface area (Å²) >= 11 is 0. The van der Waals surface area contributed by atoms with Crippen molar-refractivity contribution >= 4 is 32.4 Å². The Morgan fingerprint density at radius 2 is 1.83 bits per heavy atom. The molecule has 1 aliphatic rings. The lowest BCUT2D eigenvalue weighted by Crippen LogP contribution is -2.35. The summed E-state index contributed by atoms with van der Waals surface area (Å²) in [5.74, 6) is 0.227. The van der Waals surface area contributed by atoms with Crippen molar-refractivity contribution in [3.05, 3.63) is 60.6 Å². The molecule has 29 heavy (non-hydrogen) atoms. The number of piperidine rings is 1. The monoisotopic (exact) mass is 408 g/mol. The number of benzene rings is 2. The Kier molecular flexibility index (Phi) is 5.34. The third-order valence-electron chi connectivity index (χ3n) is 4.84. The molecule has 4 rings (SSSR count). The number of hydrogen-bond acceptors (Lipinski definition) is 6. The standard InChI is InChI=1S/C21H20N4O3S/c22-14-16(21-24-19-6-2-3-7-20(19)28-21)15-23-17-8-10-18(11-9-17)29(26,27)25-12-4-1-5-13-25/h2-3,6-11,15,23H,1,4-5,12-13H2/b16-15+. The molecule has 1 fully saturated rings. The van der Waals surface area contributed by atoms with Crippen LogP contribution in [0.25, 0.3) is 16.7 Å². The van der Waals surface area contributed by atoms with Crippen molar-refractivity contribution in [3.63, 3.8) is 0 Å². The summed E-state index contributed by atoms with van der Waals surface area (Å²) in [6.07, 6.45) is 4.37. The normalized spacial score (nSPS) is 15.9. The zero-order valence-electron chi connectivity index (χ0n) is 15.7. The Hall–Kier alpha value is -3.15. The maximum Gasteiger partial charge on any atom is 0.243 e. The highest BCUT2D eigenvalue weighted by molar-refractivity contribution is 7.89. The van der Waals surface area contributed by atoms with Crippen LogP contribution in [0.2, 0.25) is 0 Å². The first kappa shape index (κ1) is 19.2. The number of oxazole rings is 1. The van der Waals surface area contributed by atoms with Gasteiger partial charge >= 0.3 is 0 Å². The van der Waals surface area contributed by atoms with Crippen LogP contribution in [0.5, 0.6) is 0 Å². The van der Waals surface area contributed by atoms with Crippen molar-refractivity contribution in [2.75, 3.05) is 18.4 Å². The van der Waals surface area contributed by atoms with Crippen molar-refractivity contribution in [1.82, 2.24) is 9.29 Å². The first-order valence-electron chi connectivity index (χ1n) is 9.41. The molecule has 2 aromatic carbocycles. The van der Waals surface area contributed by atoms with Gasteiger partial charge in [0.05, 0.1) is 4.90 Å². The second kappa shape index (κ2) is 8.07. The van der Waals surface area contributed by atoms with E-state index in [2.05, 4.69) is 16.4 Å². The average Bonchev–Trinajstić information content (AvgIpc) is 3.19. The molecule has 1 aromatic heterocycles. The molecule has 0 atom stereocenters. The Morgan fingerprint density at radius 1 is 1.10 bits per heavy atom. The molecule has 0 spiro atoms. The number of allylic oxidation sites excluding steroid dienone is 1. The van der Waals surface area contributed by atoms with E-state index >= 15 is 0 Å². The van der Waals surface area contributed by atoms with Gasteiger partial charge in [-0.1, -0.05) is 18.6 Å². The minimum absolute atomic E-state index is 0.227. The predicted molar refractivity (Wildman–Crippen MR) is 110 cm³/mol. The summed E-state index contributed by atoms with van der Waals surface area (Å²) in [6.45, 7) is 1.14. The number of nitrogens with one attached hydrogen (secondary N) is 1. The van der Waals surface area contributed by atoms with E-state index in [1.807, 2.05) is 18.2 Å². The second-order valence-electron chi connectivity index (χ2n) is 6.79. The minimum atomic E-state index is -3.46. The number of para-hydroxylation sites is 2. The molecular weight excluding hydrogens is 388 g/mol. The van der Waals surface area contributed by atoms with Gasteiger partial charge in [-0.05, 0) is 49.2 Å². The van der Waals surface area contributed by atoms with Crippen molar-refractivity contribution in [3.8, 4) is 6.07 Å². The van der Waals surface area contributed by atoms with Crippen LogP contribution >= 0.6 is 0 Å².